The van der Waals surface area contributed by atoms with Crippen molar-refractivity contribution >= 4 is 27.3 Å². The number of sulfonamides is 1. The van der Waals surface area contributed by atoms with Gasteiger partial charge in [-0.05, 0) is 18.2 Å². The van der Waals surface area contributed by atoms with Gasteiger partial charge >= 0.3 is 0 Å². The normalized spacial score (nSPS) is 11.5. The lowest BCUT2D eigenvalue weighted by atomic mass is 10.1. The monoisotopic (exact) mass is 314 g/mol. The van der Waals surface area contributed by atoms with Gasteiger partial charge in [0.2, 0.25) is 10.0 Å². The average molecular weight is 314 g/mol. The van der Waals surface area contributed by atoms with Crippen molar-refractivity contribution in [2.75, 3.05) is 51.5 Å². The van der Waals surface area contributed by atoms with Gasteiger partial charge in [-0.1, -0.05) is 0 Å². The number of hydrogen-bond donors (Lipinski definition) is 2. The van der Waals surface area contributed by atoms with Crippen LogP contribution < -0.4 is 11.1 Å². The highest BCUT2D eigenvalue weighted by molar-refractivity contribution is 7.89. The second-order valence-electron chi connectivity index (χ2n) is 5.03. The van der Waals surface area contributed by atoms with Crippen LogP contribution in [-0.4, -0.2) is 64.0 Å². The van der Waals surface area contributed by atoms with E-state index < -0.39 is 10.0 Å². The molecule has 1 aromatic rings. The van der Waals surface area contributed by atoms with E-state index in [9.17, 15) is 13.2 Å². The van der Waals surface area contributed by atoms with Crippen LogP contribution in [0, 0.1) is 0 Å². The summed E-state index contributed by atoms with van der Waals surface area (Å²) in [4.78, 5) is 13.3. The van der Waals surface area contributed by atoms with Gasteiger partial charge < -0.3 is 16.0 Å². The summed E-state index contributed by atoms with van der Waals surface area (Å²) in [6.45, 7) is 0.213. The Balaban J connectivity index is 2.80. The van der Waals surface area contributed by atoms with E-state index in [2.05, 4.69) is 5.32 Å². The number of benzene rings is 1. The molecule has 0 aliphatic rings. The molecule has 1 aromatic carbocycles. The van der Waals surface area contributed by atoms with E-state index in [-0.39, 0.29) is 18.2 Å². The van der Waals surface area contributed by atoms with Gasteiger partial charge in [-0.3, -0.25) is 4.79 Å². The van der Waals surface area contributed by atoms with Crippen LogP contribution in [-0.2, 0) is 10.0 Å². The minimum atomic E-state index is -3.27. The number of nitrogens with zero attached hydrogens (tertiary/aromatic N) is 2. The van der Waals surface area contributed by atoms with Gasteiger partial charge in [-0.15, -0.1) is 0 Å². The van der Waals surface area contributed by atoms with E-state index in [0.717, 1.165) is 0 Å². The largest absolute Gasteiger partial charge is 0.397 e. The quantitative estimate of drug-likeness (QED) is 0.735. The number of carbonyl (C=O) groups is 1. The third-order valence-electron chi connectivity index (χ3n) is 2.94. The molecule has 0 aliphatic carbocycles. The molecule has 0 bridgehead atoms. The highest BCUT2D eigenvalue weighted by Gasteiger charge is 2.14. The molecule has 0 heterocycles. The summed E-state index contributed by atoms with van der Waals surface area (Å²) in [6.07, 6.45) is 0. The molecule has 0 atom stereocenters. The first kappa shape index (κ1) is 17.3. The van der Waals surface area contributed by atoms with Crippen molar-refractivity contribution in [3.8, 4) is 0 Å². The molecule has 21 heavy (non-hydrogen) atoms. The summed E-state index contributed by atoms with van der Waals surface area (Å²) in [7, 11) is 3.03. The number of nitrogens with two attached hydrogens (primary N) is 1. The topological polar surface area (TPSA) is 95.7 Å². The predicted octanol–water partition coefficient (Wildman–Crippen LogP) is 0.274. The fourth-order valence-electron chi connectivity index (χ4n) is 1.60. The molecule has 8 heteroatoms. The van der Waals surface area contributed by atoms with Crippen molar-refractivity contribution in [2.24, 2.45) is 0 Å². The van der Waals surface area contributed by atoms with E-state index >= 15 is 0 Å². The van der Waals surface area contributed by atoms with Crippen molar-refractivity contribution in [1.29, 1.82) is 0 Å². The highest BCUT2D eigenvalue weighted by Crippen LogP contribution is 2.20. The van der Waals surface area contributed by atoms with Crippen LogP contribution in [0.5, 0.6) is 0 Å². The molecule has 0 aliphatic heterocycles. The number of nitrogens with one attached hydrogen (secondary N) is 1. The van der Waals surface area contributed by atoms with E-state index in [1.54, 1.807) is 32.3 Å². The van der Waals surface area contributed by atoms with Crippen molar-refractivity contribution < 1.29 is 13.2 Å². The fraction of sp³-hybridized carbons (Fsp3) is 0.462. The van der Waals surface area contributed by atoms with Crippen LogP contribution in [0.4, 0.5) is 11.4 Å². The number of amides is 1. The van der Waals surface area contributed by atoms with Gasteiger partial charge in [-0.25, -0.2) is 12.7 Å². The Labute approximate surface area is 125 Å². The molecule has 1 amide bonds. The lowest BCUT2D eigenvalue weighted by Crippen LogP contribution is -2.28. The van der Waals surface area contributed by atoms with E-state index in [1.165, 1.54) is 23.3 Å². The fourth-order valence-corrected chi connectivity index (χ4v) is 2.32. The second kappa shape index (κ2) is 6.77. The van der Waals surface area contributed by atoms with Crippen molar-refractivity contribution in [1.82, 2.24) is 9.21 Å². The maximum atomic E-state index is 11.9. The van der Waals surface area contributed by atoms with Crippen LogP contribution in [0.15, 0.2) is 18.2 Å². The summed E-state index contributed by atoms with van der Waals surface area (Å²) < 4.78 is 24.5. The predicted molar refractivity (Wildman–Crippen MR) is 84.8 cm³/mol. The molecule has 0 spiro atoms. The standard InChI is InChI=1S/C13H22N4O3S/c1-16(2)13(18)10-5-6-11(14)12(9-10)15-7-8-21(19,20)17(3)4/h5-6,9,15H,7-8,14H2,1-4H3. The molecule has 0 fully saturated rings. The first-order valence-electron chi connectivity index (χ1n) is 6.40. The number of carbonyl (C=O) groups excluding carboxylic acids is 1. The average Bonchev–Trinajstić information content (AvgIpc) is 2.39. The Bertz CT molecular complexity index is 612. The molecule has 0 saturated heterocycles. The Morgan fingerprint density at radius 2 is 1.86 bits per heavy atom. The van der Waals surface area contributed by atoms with Gasteiger partial charge in [0.05, 0.1) is 17.1 Å². The van der Waals surface area contributed by atoms with E-state index in [0.29, 0.717) is 16.9 Å². The highest BCUT2D eigenvalue weighted by atomic mass is 32.2. The van der Waals surface area contributed by atoms with Crippen molar-refractivity contribution in [3.05, 3.63) is 23.8 Å². The van der Waals surface area contributed by atoms with Gasteiger partial charge in [0.15, 0.2) is 0 Å². The van der Waals surface area contributed by atoms with E-state index in [4.69, 9.17) is 5.73 Å². The molecular formula is C13H22N4O3S. The minimum absolute atomic E-state index is 0.0503. The molecule has 118 valence electrons. The number of hydrogen-bond acceptors (Lipinski definition) is 5. The zero-order valence-electron chi connectivity index (χ0n) is 12.8. The lowest BCUT2D eigenvalue weighted by Gasteiger charge is -2.15. The maximum Gasteiger partial charge on any atom is 0.253 e. The minimum Gasteiger partial charge on any atom is -0.397 e. The Hall–Kier alpha value is -1.80. The lowest BCUT2D eigenvalue weighted by molar-refractivity contribution is 0.0827. The van der Waals surface area contributed by atoms with Gasteiger partial charge in [0, 0.05) is 40.3 Å². The smallest absolute Gasteiger partial charge is 0.253 e. The zero-order valence-corrected chi connectivity index (χ0v) is 13.6. The van der Waals surface area contributed by atoms with Crippen LogP contribution in [0.3, 0.4) is 0 Å². The summed E-state index contributed by atoms with van der Waals surface area (Å²) in [5.41, 5.74) is 7.34. The third kappa shape index (κ3) is 4.61. The zero-order chi connectivity index (χ0) is 16.2. The molecule has 0 radical (unpaired) electrons. The molecule has 3 N–H and O–H groups in total. The SMILES string of the molecule is CN(C)C(=O)c1ccc(N)c(NCCS(=O)(=O)N(C)C)c1. The molecule has 0 saturated carbocycles. The Kier molecular flexibility index (Phi) is 5.56. The number of anilines is 2. The first-order chi connectivity index (χ1) is 9.65. The maximum absolute atomic E-state index is 11.9. The van der Waals surface area contributed by atoms with Crippen LogP contribution in [0.1, 0.15) is 10.4 Å². The number of rotatable bonds is 6. The van der Waals surface area contributed by atoms with Gasteiger partial charge in [-0.2, -0.15) is 0 Å². The molecule has 1 rings (SSSR count). The van der Waals surface area contributed by atoms with E-state index in [1.807, 2.05) is 0 Å². The summed E-state index contributed by atoms with van der Waals surface area (Å²) in [5.74, 6) is -0.190. The summed E-state index contributed by atoms with van der Waals surface area (Å²) in [5, 5.41) is 2.96. The second-order valence-corrected chi connectivity index (χ2v) is 7.33. The summed E-state index contributed by atoms with van der Waals surface area (Å²) in [6, 6.07) is 4.89. The van der Waals surface area contributed by atoms with Gasteiger partial charge in [0.1, 0.15) is 0 Å². The molecular weight excluding hydrogens is 292 g/mol. The van der Waals surface area contributed by atoms with Crippen LogP contribution >= 0.6 is 0 Å². The van der Waals surface area contributed by atoms with Crippen molar-refractivity contribution in [2.45, 2.75) is 0 Å². The summed E-state index contributed by atoms with van der Waals surface area (Å²) >= 11 is 0. The van der Waals surface area contributed by atoms with Gasteiger partial charge in [0.25, 0.3) is 5.91 Å². The third-order valence-corrected chi connectivity index (χ3v) is 4.77. The van der Waals surface area contributed by atoms with Crippen molar-refractivity contribution in [3.63, 3.8) is 0 Å². The number of nitrogen functional groups attached to an aromatic ring is 1. The molecule has 7 nitrogen and oxygen atoms in total. The Morgan fingerprint density at radius 3 is 2.38 bits per heavy atom. The molecule has 0 aromatic heterocycles. The Morgan fingerprint density at radius 1 is 1.24 bits per heavy atom. The first-order valence-corrected chi connectivity index (χ1v) is 8.01. The van der Waals surface area contributed by atoms with Crippen LogP contribution in [0.25, 0.3) is 0 Å². The van der Waals surface area contributed by atoms with Crippen LogP contribution in [0.2, 0.25) is 0 Å². The molecule has 0 unspecified atom stereocenters.